The van der Waals surface area contributed by atoms with Gasteiger partial charge in [-0.25, -0.2) is 4.79 Å². The molecule has 3 rings (SSSR count). The Balaban J connectivity index is 1.92. The van der Waals surface area contributed by atoms with E-state index in [1.54, 1.807) is 12.1 Å². The van der Waals surface area contributed by atoms with Crippen LogP contribution in [-0.4, -0.2) is 27.9 Å². The number of rotatable bonds is 3. The lowest BCUT2D eigenvalue weighted by Gasteiger charge is -2.43. The van der Waals surface area contributed by atoms with Crippen molar-refractivity contribution in [2.45, 2.75) is 65.1 Å². The molecule has 2 aliphatic rings. The van der Waals surface area contributed by atoms with E-state index in [2.05, 4.69) is 33.8 Å². The van der Waals surface area contributed by atoms with Crippen LogP contribution in [0.2, 0.25) is 0 Å². The summed E-state index contributed by atoms with van der Waals surface area (Å²) < 4.78 is 5.97. The van der Waals surface area contributed by atoms with Crippen LogP contribution in [0.4, 0.5) is 0 Å². The van der Waals surface area contributed by atoms with Crippen molar-refractivity contribution in [1.82, 2.24) is 0 Å². The van der Waals surface area contributed by atoms with Crippen molar-refractivity contribution in [3.05, 3.63) is 41.5 Å². The van der Waals surface area contributed by atoms with Gasteiger partial charge >= 0.3 is 5.97 Å². The van der Waals surface area contributed by atoms with Crippen molar-refractivity contribution < 1.29 is 19.7 Å². The molecule has 0 heterocycles. The van der Waals surface area contributed by atoms with Crippen LogP contribution in [-0.2, 0) is 4.74 Å². The van der Waals surface area contributed by atoms with E-state index >= 15 is 0 Å². The Morgan fingerprint density at radius 3 is 2.50 bits per heavy atom. The summed E-state index contributed by atoms with van der Waals surface area (Å²) in [6.07, 6.45) is 5.13. The largest absolute Gasteiger partial charge is 0.508 e. The maximum absolute atomic E-state index is 12.7. The van der Waals surface area contributed by atoms with Crippen LogP contribution in [0.1, 0.15) is 63.7 Å². The Hall–Kier alpha value is -1.81. The second kappa shape index (κ2) is 6.73. The quantitative estimate of drug-likeness (QED) is 0.618. The molecule has 1 aromatic carbocycles. The lowest BCUT2D eigenvalue weighted by Crippen LogP contribution is -2.50. The van der Waals surface area contributed by atoms with E-state index in [0.29, 0.717) is 12.0 Å². The van der Waals surface area contributed by atoms with Crippen LogP contribution in [0.5, 0.6) is 5.75 Å². The predicted octanol–water partition coefficient (Wildman–Crippen LogP) is 4.46. The van der Waals surface area contributed by atoms with E-state index < -0.39 is 11.6 Å². The molecule has 2 N–H and O–H groups in total. The number of ether oxygens (including phenoxy) is 1. The maximum atomic E-state index is 12.7. The molecule has 1 fully saturated rings. The summed E-state index contributed by atoms with van der Waals surface area (Å²) in [5.41, 5.74) is 0.723. The van der Waals surface area contributed by atoms with E-state index in [9.17, 15) is 15.0 Å². The monoisotopic (exact) mass is 358 g/mol. The topological polar surface area (TPSA) is 66.8 Å². The molecule has 1 aromatic rings. The van der Waals surface area contributed by atoms with Crippen molar-refractivity contribution in [2.24, 2.45) is 17.3 Å². The van der Waals surface area contributed by atoms with Crippen LogP contribution < -0.4 is 0 Å². The lowest BCUT2D eigenvalue weighted by atomic mass is 9.67. The number of carbonyl (C=O) groups is 1. The Kier molecular flexibility index (Phi) is 4.91. The molecule has 142 valence electrons. The molecule has 0 unspecified atom stereocenters. The first-order valence-corrected chi connectivity index (χ1v) is 9.54. The number of hydrogen-bond donors (Lipinski definition) is 2. The highest BCUT2D eigenvalue weighted by atomic mass is 16.5. The highest BCUT2D eigenvalue weighted by molar-refractivity contribution is 5.89. The van der Waals surface area contributed by atoms with Crippen LogP contribution in [0.25, 0.3) is 0 Å². The van der Waals surface area contributed by atoms with E-state index in [-0.39, 0.29) is 29.1 Å². The fourth-order valence-electron chi connectivity index (χ4n) is 4.89. The molecule has 4 nitrogen and oxygen atoms in total. The van der Waals surface area contributed by atoms with Gasteiger partial charge in [0.25, 0.3) is 0 Å². The third kappa shape index (κ3) is 3.27. The molecule has 1 saturated carbocycles. The fraction of sp³-hybridized carbons (Fsp3) is 0.591. The molecule has 4 atom stereocenters. The lowest BCUT2D eigenvalue weighted by molar-refractivity contribution is -0.112. The summed E-state index contributed by atoms with van der Waals surface area (Å²) >= 11 is 0. The first kappa shape index (κ1) is 19.0. The molecule has 0 aliphatic heterocycles. The van der Waals surface area contributed by atoms with Crippen molar-refractivity contribution in [3.8, 4) is 5.75 Å². The average molecular weight is 358 g/mol. The van der Waals surface area contributed by atoms with Crippen molar-refractivity contribution in [2.75, 3.05) is 0 Å². The molecule has 0 aromatic heterocycles. The maximum Gasteiger partial charge on any atom is 0.338 e. The van der Waals surface area contributed by atoms with Gasteiger partial charge in [-0.1, -0.05) is 32.4 Å². The number of allylic oxidation sites excluding steroid dienone is 1. The highest BCUT2D eigenvalue weighted by Gasteiger charge is 2.59. The summed E-state index contributed by atoms with van der Waals surface area (Å²) in [7, 11) is 0. The van der Waals surface area contributed by atoms with E-state index in [1.165, 1.54) is 17.7 Å². The molecule has 0 spiro atoms. The van der Waals surface area contributed by atoms with E-state index in [4.69, 9.17) is 4.74 Å². The van der Waals surface area contributed by atoms with Crippen LogP contribution in [0.3, 0.4) is 0 Å². The highest BCUT2D eigenvalue weighted by Crippen LogP contribution is 2.58. The van der Waals surface area contributed by atoms with Crippen molar-refractivity contribution >= 4 is 5.97 Å². The van der Waals surface area contributed by atoms with Crippen LogP contribution in [0.15, 0.2) is 35.9 Å². The number of carbonyl (C=O) groups excluding carboxylic acids is 1. The number of hydrogen-bond acceptors (Lipinski definition) is 4. The Morgan fingerprint density at radius 1 is 1.23 bits per heavy atom. The van der Waals surface area contributed by atoms with E-state index in [0.717, 1.165) is 19.3 Å². The number of phenols is 1. The van der Waals surface area contributed by atoms with Gasteiger partial charge < -0.3 is 14.9 Å². The van der Waals surface area contributed by atoms with Crippen molar-refractivity contribution in [1.29, 1.82) is 0 Å². The van der Waals surface area contributed by atoms with Gasteiger partial charge in [-0.15, -0.1) is 0 Å². The molecule has 0 bridgehead atoms. The van der Waals surface area contributed by atoms with Gasteiger partial charge in [0, 0.05) is 12.3 Å². The zero-order chi connectivity index (χ0) is 19.1. The van der Waals surface area contributed by atoms with Gasteiger partial charge in [0.2, 0.25) is 0 Å². The minimum absolute atomic E-state index is 0.0727. The molecule has 0 amide bonds. The SMILES string of the molecule is CC1=CC[C@@]2(C)CC[C@](O)(C(C)C)[C@H]2[C@H](OC(=O)c2ccc(O)cc2)C1. The summed E-state index contributed by atoms with van der Waals surface area (Å²) in [6, 6.07) is 6.11. The molecule has 0 saturated heterocycles. The van der Waals surface area contributed by atoms with Crippen LogP contribution >= 0.6 is 0 Å². The van der Waals surface area contributed by atoms with Gasteiger partial charge in [0.15, 0.2) is 0 Å². The third-order valence-electron chi connectivity index (χ3n) is 6.56. The first-order chi connectivity index (χ1) is 12.2. The molecule has 2 aliphatic carbocycles. The molecule has 26 heavy (non-hydrogen) atoms. The number of aromatic hydroxyl groups is 1. The summed E-state index contributed by atoms with van der Waals surface area (Å²) in [4.78, 5) is 12.7. The first-order valence-electron chi connectivity index (χ1n) is 9.54. The summed E-state index contributed by atoms with van der Waals surface area (Å²) in [5, 5.41) is 20.9. The number of benzene rings is 1. The van der Waals surface area contributed by atoms with Gasteiger partial charge in [-0.2, -0.15) is 0 Å². The van der Waals surface area contributed by atoms with Gasteiger partial charge in [-0.3, -0.25) is 0 Å². The number of esters is 1. The van der Waals surface area contributed by atoms with Crippen molar-refractivity contribution in [3.63, 3.8) is 0 Å². The molecular weight excluding hydrogens is 328 g/mol. The Labute approximate surface area is 155 Å². The fourth-order valence-corrected chi connectivity index (χ4v) is 4.89. The van der Waals surface area contributed by atoms with Gasteiger partial charge in [0.05, 0.1) is 11.2 Å². The number of phenolic OH excluding ortho intramolecular Hbond substituents is 1. The third-order valence-corrected chi connectivity index (χ3v) is 6.56. The Bertz CT molecular complexity index is 705. The number of fused-ring (bicyclic) bond motifs is 1. The van der Waals surface area contributed by atoms with Crippen LogP contribution in [0, 0.1) is 17.3 Å². The minimum atomic E-state index is -0.826. The van der Waals surface area contributed by atoms with Gasteiger partial charge in [0.1, 0.15) is 11.9 Å². The predicted molar refractivity (Wildman–Crippen MR) is 101 cm³/mol. The molecule has 4 heteroatoms. The number of aliphatic hydroxyl groups is 1. The van der Waals surface area contributed by atoms with Gasteiger partial charge in [-0.05, 0) is 61.8 Å². The van der Waals surface area contributed by atoms with E-state index in [1.807, 2.05) is 0 Å². The minimum Gasteiger partial charge on any atom is -0.508 e. The normalized spacial score (nSPS) is 34.2. The second-order valence-electron chi connectivity index (χ2n) is 8.73. The second-order valence-corrected chi connectivity index (χ2v) is 8.73. The smallest absolute Gasteiger partial charge is 0.338 e. The molecule has 0 radical (unpaired) electrons. The standard InChI is InChI=1S/C22H30O4/c1-14(2)22(25)12-11-21(4)10-9-15(3)13-18(19(21)22)26-20(24)16-5-7-17(23)8-6-16/h5-9,14,18-19,23,25H,10-13H2,1-4H3/t18-,19+,21+,22+/m1/s1. The summed E-state index contributed by atoms with van der Waals surface area (Å²) in [6.45, 7) is 8.39. The average Bonchev–Trinajstić information content (AvgIpc) is 2.78. The molecular formula is C22H30O4. The Morgan fingerprint density at radius 2 is 1.88 bits per heavy atom. The zero-order valence-electron chi connectivity index (χ0n) is 16.2. The summed E-state index contributed by atoms with van der Waals surface area (Å²) in [5.74, 6) is -0.273. The zero-order valence-corrected chi connectivity index (χ0v) is 16.2.